The minimum absolute atomic E-state index is 0.0424. The number of aryl methyl sites for hydroxylation is 1. The van der Waals surface area contributed by atoms with Crippen molar-refractivity contribution in [3.05, 3.63) is 39.3 Å². The lowest BCUT2D eigenvalue weighted by molar-refractivity contribution is 0.000654. The molecular weight excluding hydrogens is 455 g/mol. The normalized spacial score (nSPS) is 21.5. The number of nitrogens with two attached hydrogens (primary N) is 1. The first-order valence-electron chi connectivity index (χ1n) is 10.6. The van der Waals surface area contributed by atoms with Gasteiger partial charge in [-0.05, 0) is 69.1 Å². The summed E-state index contributed by atoms with van der Waals surface area (Å²) in [6.45, 7) is 0.636. The predicted molar refractivity (Wildman–Crippen MR) is 118 cm³/mol. The first-order valence-corrected chi connectivity index (χ1v) is 13.0. The van der Waals surface area contributed by atoms with Crippen molar-refractivity contribution in [2.75, 3.05) is 11.9 Å². The van der Waals surface area contributed by atoms with E-state index in [-0.39, 0.29) is 10.3 Å². The first kappa shape index (κ1) is 21.9. The molecule has 1 unspecified atom stereocenters. The number of anilines is 1. The fraction of sp³-hybridized carbons (Fsp3) is 0.524. The van der Waals surface area contributed by atoms with E-state index in [4.69, 9.17) is 10.1 Å². The molecular formula is C21H25FN4O4S2. The molecule has 8 nitrogen and oxygen atoms in total. The fourth-order valence-electron chi connectivity index (χ4n) is 4.77. The summed E-state index contributed by atoms with van der Waals surface area (Å²) < 4.78 is 30.6. The van der Waals surface area contributed by atoms with Crippen molar-refractivity contribution in [3.63, 3.8) is 0 Å². The third-order valence-electron chi connectivity index (χ3n) is 6.74. The molecule has 2 heterocycles. The Hall–Kier alpha value is -1.92. The van der Waals surface area contributed by atoms with Gasteiger partial charge in [0.25, 0.3) is 0 Å². The van der Waals surface area contributed by atoms with Gasteiger partial charge < -0.3 is 15.5 Å². The summed E-state index contributed by atoms with van der Waals surface area (Å²) in [5.74, 6) is -0.941. The molecule has 11 heteroatoms. The Balaban J connectivity index is 1.49. The molecule has 0 radical (unpaired) electrons. The van der Waals surface area contributed by atoms with Gasteiger partial charge in [-0.15, -0.1) is 15.7 Å². The Morgan fingerprint density at radius 3 is 2.81 bits per heavy atom. The van der Waals surface area contributed by atoms with Crippen LogP contribution in [-0.2, 0) is 40.2 Å². The third kappa shape index (κ3) is 3.47. The number of halogens is 1. The molecule has 2 amide bonds. The highest BCUT2D eigenvalue weighted by Gasteiger charge is 2.51. The van der Waals surface area contributed by atoms with E-state index >= 15 is 0 Å². The van der Waals surface area contributed by atoms with Crippen LogP contribution in [0.1, 0.15) is 60.0 Å². The summed E-state index contributed by atoms with van der Waals surface area (Å²) >= 11 is 0.625. The molecule has 1 saturated carbocycles. The SMILES string of the molecule is C[C@@](O)(CO)c1cc(F)c(S(N)(=O)=NC(=O)Nc2c3c(nc4c2CCC42CC2)CCC3)s1. The molecule has 1 spiro atoms. The Morgan fingerprint density at radius 2 is 2.12 bits per heavy atom. The topological polar surface area (TPSA) is 138 Å². The molecule has 3 aliphatic rings. The minimum atomic E-state index is -3.90. The van der Waals surface area contributed by atoms with Crippen LogP contribution in [0.3, 0.4) is 0 Å². The van der Waals surface area contributed by atoms with Crippen molar-refractivity contribution in [1.29, 1.82) is 0 Å². The summed E-state index contributed by atoms with van der Waals surface area (Å²) in [7, 11) is -3.90. The standard InChI is InChI=1S/C21H25FN4O4S2/c1-20(29,10-27)15-9-13(22)18(31-15)32(23,30)26-19(28)25-16-11-3-2-4-14(11)24-17-12(16)5-6-21(17)7-8-21/h9,27,29H,2-8,10H2,1H3,(H3,23,24,25,26,28,30)/t20-,32?/m1/s1. The van der Waals surface area contributed by atoms with Crippen LogP contribution in [0, 0.1) is 5.82 Å². The number of thiophene rings is 1. The van der Waals surface area contributed by atoms with Crippen LogP contribution in [0.4, 0.5) is 14.9 Å². The van der Waals surface area contributed by atoms with Crippen molar-refractivity contribution in [2.45, 2.75) is 67.1 Å². The lowest BCUT2D eigenvalue weighted by Gasteiger charge is -2.17. The Kier molecular flexibility index (Phi) is 4.99. The Morgan fingerprint density at radius 1 is 1.38 bits per heavy atom. The maximum absolute atomic E-state index is 14.5. The molecule has 5 N–H and O–H groups in total. The van der Waals surface area contributed by atoms with Crippen LogP contribution in [0.5, 0.6) is 0 Å². The van der Waals surface area contributed by atoms with Crippen LogP contribution >= 0.6 is 11.3 Å². The number of hydrogen-bond donors (Lipinski definition) is 4. The largest absolute Gasteiger partial charge is 0.393 e. The fourth-order valence-corrected chi connectivity index (χ4v) is 7.14. The van der Waals surface area contributed by atoms with E-state index in [9.17, 15) is 23.6 Å². The second kappa shape index (κ2) is 7.29. The van der Waals surface area contributed by atoms with E-state index in [0.29, 0.717) is 17.0 Å². The molecule has 0 aliphatic heterocycles. The van der Waals surface area contributed by atoms with Crippen molar-refractivity contribution in [3.8, 4) is 0 Å². The Labute approximate surface area is 189 Å². The zero-order valence-electron chi connectivity index (χ0n) is 17.6. The number of nitrogens with zero attached hydrogens (tertiary/aromatic N) is 2. The van der Waals surface area contributed by atoms with Crippen LogP contribution in [0.25, 0.3) is 0 Å². The van der Waals surface area contributed by atoms with E-state index in [1.165, 1.54) is 6.92 Å². The molecule has 2 atom stereocenters. The number of nitrogens with one attached hydrogen (secondary N) is 1. The van der Waals surface area contributed by atoms with E-state index in [0.717, 1.165) is 73.5 Å². The highest BCUT2D eigenvalue weighted by Crippen LogP contribution is 2.58. The van der Waals surface area contributed by atoms with Gasteiger partial charge in [0, 0.05) is 16.0 Å². The summed E-state index contributed by atoms with van der Waals surface area (Å²) in [4.78, 5) is 17.8. The minimum Gasteiger partial charge on any atom is -0.393 e. The van der Waals surface area contributed by atoms with Gasteiger partial charge in [-0.3, -0.25) is 4.98 Å². The second-order valence-electron chi connectivity index (χ2n) is 9.14. The zero-order valence-corrected chi connectivity index (χ0v) is 19.2. The molecule has 0 bridgehead atoms. The van der Waals surface area contributed by atoms with E-state index in [1.54, 1.807) is 0 Å². The number of urea groups is 1. The average Bonchev–Trinajstić information content (AvgIpc) is 3.03. The number of pyridine rings is 1. The number of amides is 2. The maximum atomic E-state index is 14.5. The highest BCUT2D eigenvalue weighted by molar-refractivity contribution is 7.93. The van der Waals surface area contributed by atoms with Gasteiger partial charge >= 0.3 is 6.03 Å². The monoisotopic (exact) mass is 480 g/mol. The average molecular weight is 481 g/mol. The zero-order chi connectivity index (χ0) is 22.9. The lowest BCUT2D eigenvalue weighted by atomic mass is 10.0. The number of hydrogen-bond acceptors (Lipinski definition) is 6. The summed E-state index contributed by atoms with van der Waals surface area (Å²) in [5, 5.41) is 28.0. The quantitative estimate of drug-likeness (QED) is 0.533. The first-order chi connectivity index (χ1) is 15.1. The maximum Gasteiger partial charge on any atom is 0.354 e. The number of fused-ring (bicyclic) bond motifs is 3. The summed E-state index contributed by atoms with van der Waals surface area (Å²) in [5.41, 5.74) is 3.22. The number of aliphatic hydroxyl groups is 2. The predicted octanol–water partition coefficient (Wildman–Crippen LogP) is 2.88. The molecule has 172 valence electrons. The smallest absolute Gasteiger partial charge is 0.354 e. The third-order valence-corrected chi connectivity index (χ3v) is 10.0. The number of aromatic nitrogens is 1. The van der Waals surface area contributed by atoms with E-state index in [1.807, 2.05) is 0 Å². The van der Waals surface area contributed by atoms with E-state index in [2.05, 4.69) is 9.68 Å². The lowest BCUT2D eigenvalue weighted by Crippen LogP contribution is -2.24. The van der Waals surface area contributed by atoms with Gasteiger partial charge in [0.1, 0.15) is 5.60 Å². The molecule has 5 rings (SSSR count). The van der Waals surface area contributed by atoms with Gasteiger partial charge in [-0.25, -0.2) is 18.5 Å². The molecule has 32 heavy (non-hydrogen) atoms. The van der Waals surface area contributed by atoms with Gasteiger partial charge in [-0.2, -0.15) is 0 Å². The van der Waals surface area contributed by atoms with Crippen molar-refractivity contribution < 1.29 is 23.6 Å². The molecule has 3 aliphatic carbocycles. The van der Waals surface area contributed by atoms with Crippen LogP contribution in [0.15, 0.2) is 14.6 Å². The molecule has 0 saturated heterocycles. The summed E-state index contributed by atoms with van der Waals surface area (Å²) in [6.07, 6.45) is 6.67. The van der Waals surface area contributed by atoms with E-state index < -0.39 is 38.2 Å². The van der Waals surface area contributed by atoms with Crippen LogP contribution in [-0.4, -0.2) is 32.0 Å². The van der Waals surface area contributed by atoms with Gasteiger partial charge in [0.2, 0.25) is 0 Å². The van der Waals surface area contributed by atoms with Gasteiger partial charge in [-0.1, -0.05) is 0 Å². The number of aliphatic hydroxyl groups excluding tert-OH is 1. The van der Waals surface area contributed by atoms with Crippen molar-refractivity contribution in [1.82, 2.24) is 4.98 Å². The molecule has 1 fully saturated rings. The van der Waals surface area contributed by atoms with Crippen molar-refractivity contribution in [2.24, 2.45) is 9.50 Å². The van der Waals surface area contributed by atoms with Gasteiger partial charge in [0.15, 0.2) is 19.9 Å². The molecule has 0 aromatic carbocycles. The number of rotatable bonds is 4. The summed E-state index contributed by atoms with van der Waals surface area (Å²) in [6, 6.07) is 0.0495. The molecule has 2 aromatic heterocycles. The highest BCUT2D eigenvalue weighted by atomic mass is 32.2. The van der Waals surface area contributed by atoms with Crippen LogP contribution < -0.4 is 10.5 Å². The van der Waals surface area contributed by atoms with Gasteiger partial charge in [0.05, 0.1) is 18.0 Å². The second-order valence-corrected chi connectivity index (χ2v) is 12.2. The molecule has 2 aromatic rings. The van der Waals surface area contributed by atoms with Crippen molar-refractivity contribution >= 4 is 33.0 Å². The Bertz CT molecular complexity index is 1260. The number of carbonyl (C=O) groups is 1. The van der Waals surface area contributed by atoms with Crippen LogP contribution in [0.2, 0.25) is 0 Å². The number of carbonyl (C=O) groups excluding carboxylic acids is 1.